The van der Waals surface area contributed by atoms with Crippen LogP contribution < -0.4 is 15.8 Å². The quantitative estimate of drug-likeness (QED) is 0.547. The Labute approximate surface area is 210 Å². The molecule has 3 N–H and O–H groups in total. The van der Waals surface area contributed by atoms with Crippen molar-refractivity contribution in [1.82, 2.24) is 15.1 Å². The Kier molecular flexibility index (Phi) is 8.47. The number of nitrogens with zero attached hydrogens (tertiary/aromatic N) is 2. The van der Waals surface area contributed by atoms with E-state index in [1.807, 2.05) is 6.92 Å². The number of piperazine rings is 1. The Hall–Kier alpha value is -3.72. The zero-order valence-corrected chi connectivity index (χ0v) is 21.1. The zero-order valence-electron chi connectivity index (χ0n) is 21.1. The Morgan fingerprint density at radius 3 is 2.50 bits per heavy atom. The van der Waals surface area contributed by atoms with E-state index in [1.165, 1.54) is 25.3 Å². The number of aryl methyl sites for hydroxylation is 2. The maximum atomic E-state index is 14.5. The van der Waals surface area contributed by atoms with Gasteiger partial charge in [0.05, 0.1) is 5.56 Å². The van der Waals surface area contributed by atoms with Crippen LogP contribution in [0.2, 0.25) is 0 Å². The second kappa shape index (κ2) is 11.3. The lowest BCUT2D eigenvalue weighted by molar-refractivity contribution is -0.130. The molecule has 192 valence electrons. The molecule has 0 bridgehead atoms. The Morgan fingerprint density at radius 1 is 1.19 bits per heavy atom. The summed E-state index contributed by atoms with van der Waals surface area (Å²) in [6.07, 6.45) is 0.667. The zero-order chi connectivity index (χ0) is 26.6. The first-order valence-electron chi connectivity index (χ1n) is 11.8. The van der Waals surface area contributed by atoms with Crippen molar-refractivity contribution in [2.24, 2.45) is 5.73 Å². The summed E-state index contributed by atoms with van der Waals surface area (Å²) >= 11 is 0. The van der Waals surface area contributed by atoms with Gasteiger partial charge in [0.25, 0.3) is 11.8 Å². The fraction of sp³-hybridized carbons (Fsp3) is 0.370. The molecule has 2 aromatic carbocycles. The Bertz CT molecular complexity index is 1180. The standard InChI is InChI=1S/C27H33FN4O4/c1-6-25(33)32-10-9-31(14-18(32)4)15-24(19-8-7-16(2)22(28)12-19)36-23-11-17(3)20(27(35)30-5)13-21(23)26(29)34/h6-8,11-13,18,24H,1,9-10,14-15H2,2-5H3,(H2,29,34)(H,30,35)/t18-,24-/m1/s1. The normalized spacial score (nSPS) is 16.8. The molecule has 8 nitrogen and oxygen atoms in total. The maximum Gasteiger partial charge on any atom is 0.252 e. The molecule has 0 aromatic heterocycles. The number of benzene rings is 2. The van der Waals surface area contributed by atoms with Gasteiger partial charge in [-0.15, -0.1) is 0 Å². The van der Waals surface area contributed by atoms with Crippen LogP contribution in [0.1, 0.15) is 50.4 Å². The molecule has 0 saturated carbocycles. The number of hydrogen-bond acceptors (Lipinski definition) is 5. The number of hydrogen-bond donors (Lipinski definition) is 2. The van der Waals surface area contributed by atoms with E-state index in [-0.39, 0.29) is 35.0 Å². The maximum absolute atomic E-state index is 14.5. The lowest BCUT2D eigenvalue weighted by atomic mass is 10.0. The molecule has 0 aliphatic carbocycles. The topological polar surface area (TPSA) is 105 Å². The van der Waals surface area contributed by atoms with Gasteiger partial charge in [-0.2, -0.15) is 0 Å². The molecular formula is C27H33FN4O4. The summed E-state index contributed by atoms with van der Waals surface area (Å²) in [7, 11) is 1.50. The highest BCUT2D eigenvalue weighted by Gasteiger charge is 2.29. The Balaban J connectivity index is 1.95. The van der Waals surface area contributed by atoms with Crippen molar-refractivity contribution < 1.29 is 23.5 Å². The summed E-state index contributed by atoms with van der Waals surface area (Å²) in [6.45, 7) is 11.0. The number of carbonyl (C=O) groups is 3. The lowest BCUT2D eigenvalue weighted by Crippen LogP contribution is -2.54. The molecule has 0 radical (unpaired) electrons. The van der Waals surface area contributed by atoms with Gasteiger partial charge in [-0.05, 0) is 61.7 Å². The molecular weight excluding hydrogens is 463 g/mol. The minimum atomic E-state index is -0.742. The molecule has 0 unspecified atom stereocenters. The Morgan fingerprint density at radius 2 is 1.92 bits per heavy atom. The molecule has 36 heavy (non-hydrogen) atoms. The molecule has 9 heteroatoms. The second-order valence-electron chi connectivity index (χ2n) is 9.07. The number of nitrogens with one attached hydrogen (secondary N) is 1. The smallest absolute Gasteiger partial charge is 0.252 e. The highest BCUT2D eigenvalue weighted by molar-refractivity contribution is 6.01. The van der Waals surface area contributed by atoms with Crippen molar-refractivity contribution in [1.29, 1.82) is 0 Å². The van der Waals surface area contributed by atoms with Gasteiger partial charge in [0, 0.05) is 44.8 Å². The van der Waals surface area contributed by atoms with Gasteiger partial charge in [0.1, 0.15) is 17.7 Å². The van der Waals surface area contributed by atoms with Crippen LogP contribution in [-0.2, 0) is 4.79 Å². The molecule has 1 aliphatic heterocycles. The summed E-state index contributed by atoms with van der Waals surface area (Å²) in [5.41, 5.74) is 7.71. The van der Waals surface area contributed by atoms with Crippen molar-refractivity contribution in [3.05, 3.63) is 76.6 Å². The van der Waals surface area contributed by atoms with Gasteiger partial charge in [0.15, 0.2) is 0 Å². The van der Waals surface area contributed by atoms with E-state index in [0.717, 1.165) is 0 Å². The van der Waals surface area contributed by atoms with Crippen LogP contribution in [0, 0.1) is 19.7 Å². The molecule has 1 aliphatic rings. The third-order valence-corrected chi connectivity index (χ3v) is 6.49. The van der Waals surface area contributed by atoms with E-state index in [1.54, 1.807) is 36.9 Å². The van der Waals surface area contributed by atoms with Gasteiger partial charge in [0.2, 0.25) is 5.91 Å². The van der Waals surface area contributed by atoms with Gasteiger partial charge < -0.3 is 20.7 Å². The van der Waals surface area contributed by atoms with Gasteiger partial charge >= 0.3 is 0 Å². The fourth-order valence-corrected chi connectivity index (χ4v) is 4.40. The summed E-state index contributed by atoms with van der Waals surface area (Å²) in [4.78, 5) is 40.5. The molecule has 3 rings (SSSR count). The van der Waals surface area contributed by atoms with E-state index in [4.69, 9.17) is 10.5 Å². The number of carbonyl (C=O) groups excluding carboxylic acids is 3. The SMILES string of the molecule is C=CC(=O)N1CCN(C[C@@H](Oc2cc(C)c(C(=O)NC)cc2C(N)=O)c2ccc(C)c(F)c2)C[C@H]1C. The molecule has 0 spiro atoms. The number of primary amides is 1. The van der Waals surface area contributed by atoms with Crippen molar-refractivity contribution >= 4 is 17.7 Å². The average molecular weight is 497 g/mol. The van der Waals surface area contributed by atoms with E-state index in [0.29, 0.717) is 48.4 Å². The predicted molar refractivity (Wildman–Crippen MR) is 135 cm³/mol. The molecule has 1 heterocycles. The van der Waals surface area contributed by atoms with Crippen LogP contribution >= 0.6 is 0 Å². The van der Waals surface area contributed by atoms with E-state index in [2.05, 4.69) is 16.8 Å². The molecule has 2 atom stereocenters. The monoisotopic (exact) mass is 496 g/mol. The molecule has 1 fully saturated rings. The van der Waals surface area contributed by atoms with Gasteiger partial charge in [-0.3, -0.25) is 19.3 Å². The summed E-state index contributed by atoms with van der Waals surface area (Å²) in [6, 6.07) is 7.87. The van der Waals surface area contributed by atoms with Crippen LogP contribution in [0.25, 0.3) is 0 Å². The largest absolute Gasteiger partial charge is 0.484 e. The number of rotatable bonds is 8. The van der Waals surface area contributed by atoms with Gasteiger partial charge in [-0.25, -0.2) is 4.39 Å². The lowest BCUT2D eigenvalue weighted by Gasteiger charge is -2.40. The second-order valence-corrected chi connectivity index (χ2v) is 9.07. The summed E-state index contributed by atoms with van der Waals surface area (Å²) in [5, 5.41) is 2.55. The van der Waals surface area contributed by atoms with Crippen molar-refractivity contribution in [2.75, 3.05) is 33.2 Å². The van der Waals surface area contributed by atoms with E-state index < -0.39 is 12.0 Å². The first-order valence-corrected chi connectivity index (χ1v) is 11.8. The van der Waals surface area contributed by atoms with E-state index >= 15 is 0 Å². The minimum Gasteiger partial charge on any atom is -0.484 e. The number of halogens is 1. The van der Waals surface area contributed by atoms with Gasteiger partial charge in [-0.1, -0.05) is 18.7 Å². The third-order valence-electron chi connectivity index (χ3n) is 6.49. The summed E-state index contributed by atoms with van der Waals surface area (Å²) < 4.78 is 20.8. The van der Waals surface area contributed by atoms with Crippen LogP contribution in [0.3, 0.4) is 0 Å². The highest BCUT2D eigenvalue weighted by atomic mass is 19.1. The van der Waals surface area contributed by atoms with Crippen LogP contribution in [0.15, 0.2) is 43.0 Å². The van der Waals surface area contributed by atoms with Crippen LogP contribution in [-0.4, -0.2) is 66.8 Å². The van der Waals surface area contributed by atoms with Crippen molar-refractivity contribution in [2.45, 2.75) is 32.9 Å². The minimum absolute atomic E-state index is 0.0464. The number of amides is 3. The summed E-state index contributed by atoms with van der Waals surface area (Å²) in [5.74, 6) is -1.36. The predicted octanol–water partition coefficient (Wildman–Crippen LogP) is 2.74. The molecule has 3 amide bonds. The number of ether oxygens (including phenoxy) is 1. The highest BCUT2D eigenvalue weighted by Crippen LogP contribution is 2.30. The van der Waals surface area contributed by atoms with Crippen molar-refractivity contribution in [3.63, 3.8) is 0 Å². The van der Waals surface area contributed by atoms with E-state index in [9.17, 15) is 18.8 Å². The van der Waals surface area contributed by atoms with Crippen molar-refractivity contribution in [3.8, 4) is 5.75 Å². The first-order chi connectivity index (χ1) is 17.0. The first kappa shape index (κ1) is 26.9. The average Bonchev–Trinajstić information content (AvgIpc) is 2.84. The third kappa shape index (κ3) is 5.91. The fourth-order valence-electron chi connectivity index (χ4n) is 4.40. The van der Waals surface area contributed by atoms with Crippen LogP contribution in [0.5, 0.6) is 5.75 Å². The number of nitrogens with two attached hydrogens (primary N) is 1. The molecule has 2 aromatic rings. The molecule has 1 saturated heterocycles. The van der Waals surface area contributed by atoms with Crippen LogP contribution in [0.4, 0.5) is 4.39 Å².